The van der Waals surface area contributed by atoms with Crippen LogP contribution in [0.5, 0.6) is 5.75 Å². The van der Waals surface area contributed by atoms with Crippen LogP contribution in [0.3, 0.4) is 0 Å². The van der Waals surface area contributed by atoms with Crippen molar-refractivity contribution in [3.8, 4) is 5.75 Å². The molecule has 0 saturated heterocycles. The van der Waals surface area contributed by atoms with Gasteiger partial charge >= 0.3 is 12.5 Å². The van der Waals surface area contributed by atoms with E-state index in [1.807, 2.05) is 0 Å². The zero-order chi connectivity index (χ0) is 19.7. The summed E-state index contributed by atoms with van der Waals surface area (Å²) in [4.78, 5) is 12.2. The molecule has 3 nitrogen and oxygen atoms in total. The largest absolute Gasteiger partial charge is 0.573 e. The van der Waals surface area contributed by atoms with Crippen LogP contribution in [-0.2, 0) is 6.18 Å². The number of hydrogen-bond acceptors (Lipinski definition) is 2. The summed E-state index contributed by atoms with van der Waals surface area (Å²) in [6, 6.07) is 5.97. The van der Waals surface area contributed by atoms with Gasteiger partial charge in [-0.2, -0.15) is 13.2 Å². The predicted octanol–water partition coefficient (Wildman–Crippen LogP) is 6.38. The monoisotopic (exact) mass is 505 g/mol. The van der Waals surface area contributed by atoms with Crippen LogP contribution in [0.2, 0.25) is 0 Å². The second kappa shape index (κ2) is 7.47. The lowest BCUT2D eigenvalue weighted by Crippen LogP contribution is -2.19. The van der Waals surface area contributed by atoms with Gasteiger partial charge in [0.2, 0.25) is 0 Å². The zero-order valence-electron chi connectivity index (χ0n) is 12.3. The third kappa shape index (κ3) is 5.13. The van der Waals surface area contributed by atoms with E-state index in [0.717, 1.165) is 30.3 Å². The molecule has 0 unspecified atom stereocenters. The Morgan fingerprint density at radius 3 is 2.00 bits per heavy atom. The number of carbonyl (C=O) groups is 1. The Hall–Kier alpha value is -1.75. The minimum Gasteiger partial charge on any atom is -0.406 e. The van der Waals surface area contributed by atoms with Gasteiger partial charge in [-0.25, -0.2) is 0 Å². The van der Waals surface area contributed by atoms with Gasteiger partial charge in [0.1, 0.15) is 5.75 Å². The van der Waals surface area contributed by atoms with Crippen LogP contribution in [-0.4, -0.2) is 12.3 Å². The Bertz CT molecular complexity index is 813. The van der Waals surface area contributed by atoms with Crippen molar-refractivity contribution in [2.75, 3.05) is 5.32 Å². The number of halogens is 8. The number of benzene rings is 2. The first-order chi connectivity index (χ1) is 11.9. The highest BCUT2D eigenvalue weighted by molar-refractivity contribution is 9.11. The van der Waals surface area contributed by atoms with Crippen molar-refractivity contribution >= 4 is 43.5 Å². The Morgan fingerprint density at radius 1 is 0.962 bits per heavy atom. The molecule has 0 aliphatic heterocycles. The van der Waals surface area contributed by atoms with Crippen LogP contribution >= 0.6 is 31.9 Å². The lowest BCUT2D eigenvalue weighted by atomic mass is 10.1. The predicted molar refractivity (Wildman–Crippen MR) is 87.9 cm³/mol. The first-order valence-electron chi connectivity index (χ1n) is 6.61. The molecule has 0 radical (unpaired) electrons. The van der Waals surface area contributed by atoms with Crippen molar-refractivity contribution in [3.05, 3.63) is 56.5 Å². The normalized spacial score (nSPS) is 12.0. The molecular weight excluding hydrogens is 500 g/mol. The molecule has 1 amide bonds. The summed E-state index contributed by atoms with van der Waals surface area (Å²) < 4.78 is 79.5. The summed E-state index contributed by atoms with van der Waals surface area (Å²) in [6.45, 7) is 0. The van der Waals surface area contributed by atoms with Crippen LogP contribution in [0.15, 0.2) is 45.3 Å². The second-order valence-corrected chi connectivity index (χ2v) is 6.52. The molecule has 0 spiro atoms. The average molecular weight is 507 g/mol. The van der Waals surface area contributed by atoms with Crippen molar-refractivity contribution in [1.82, 2.24) is 0 Å². The Labute approximate surface area is 159 Å². The maximum Gasteiger partial charge on any atom is 0.573 e. The molecule has 0 heterocycles. The standard InChI is InChI=1S/C15H7Br2F6NO2/c16-10-5-7(26-15(21,22)23)6-11(17)12(10)24-13(25)8-3-1-2-4-9(8)14(18,19)20/h1-6H,(H,24,25). The van der Waals surface area contributed by atoms with E-state index in [-0.39, 0.29) is 14.6 Å². The minimum absolute atomic E-state index is 0.0241. The number of anilines is 1. The molecule has 0 fully saturated rings. The summed E-state index contributed by atoms with van der Waals surface area (Å²) in [5.41, 5.74) is -1.82. The van der Waals surface area contributed by atoms with E-state index in [2.05, 4.69) is 41.9 Å². The highest BCUT2D eigenvalue weighted by Gasteiger charge is 2.35. The molecule has 0 saturated carbocycles. The lowest BCUT2D eigenvalue weighted by Gasteiger charge is -2.15. The van der Waals surface area contributed by atoms with Crippen LogP contribution in [0.25, 0.3) is 0 Å². The van der Waals surface area contributed by atoms with Crippen molar-refractivity contribution < 1.29 is 35.9 Å². The van der Waals surface area contributed by atoms with Crippen molar-refractivity contribution in [1.29, 1.82) is 0 Å². The van der Waals surface area contributed by atoms with Gasteiger partial charge in [0.05, 0.1) is 16.8 Å². The van der Waals surface area contributed by atoms with Crippen molar-refractivity contribution in [2.24, 2.45) is 0 Å². The molecule has 2 rings (SSSR count). The van der Waals surface area contributed by atoms with Gasteiger partial charge in [-0.05, 0) is 56.1 Å². The van der Waals surface area contributed by atoms with Crippen LogP contribution < -0.4 is 10.1 Å². The summed E-state index contributed by atoms with van der Waals surface area (Å²) in [7, 11) is 0. The van der Waals surface area contributed by atoms with Crippen LogP contribution in [0, 0.1) is 0 Å². The molecule has 140 valence electrons. The summed E-state index contributed by atoms with van der Waals surface area (Å²) in [5.74, 6) is -1.66. The molecule has 0 aliphatic rings. The number of carbonyl (C=O) groups excluding carboxylic acids is 1. The quantitative estimate of drug-likeness (QED) is 0.490. The van der Waals surface area contributed by atoms with Gasteiger partial charge in [-0.3, -0.25) is 4.79 Å². The third-order valence-electron chi connectivity index (χ3n) is 2.96. The third-order valence-corrected chi connectivity index (χ3v) is 4.22. The molecule has 1 N–H and O–H groups in total. The van der Waals surface area contributed by atoms with E-state index < -0.39 is 35.3 Å². The maximum atomic E-state index is 13.0. The molecular formula is C15H7Br2F6NO2. The molecule has 0 aromatic heterocycles. The average Bonchev–Trinajstić information content (AvgIpc) is 2.48. The number of alkyl halides is 6. The highest BCUT2D eigenvalue weighted by atomic mass is 79.9. The van der Waals surface area contributed by atoms with Crippen LogP contribution in [0.1, 0.15) is 15.9 Å². The fraction of sp³-hybridized carbons (Fsp3) is 0.133. The molecule has 0 bridgehead atoms. The van der Waals surface area contributed by atoms with E-state index in [0.29, 0.717) is 0 Å². The number of ether oxygens (including phenoxy) is 1. The maximum absolute atomic E-state index is 13.0. The summed E-state index contributed by atoms with van der Waals surface area (Å²) in [5, 5.41) is 2.23. The molecule has 2 aromatic rings. The van der Waals surface area contributed by atoms with E-state index in [1.165, 1.54) is 6.07 Å². The highest BCUT2D eigenvalue weighted by Crippen LogP contribution is 2.38. The van der Waals surface area contributed by atoms with Gasteiger partial charge in [-0.15, -0.1) is 13.2 Å². The van der Waals surface area contributed by atoms with Gasteiger partial charge in [0.25, 0.3) is 5.91 Å². The number of hydrogen-bond donors (Lipinski definition) is 1. The SMILES string of the molecule is O=C(Nc1c(Br)cc(OC(F)(F)F)cc1Br)c1ccccc1C(F)(F)F. The van der Waals surface area contributed by atoms with Crippen molar-refractivity contribution in [2.45, 2.75) is 12.5 Å². The van der Waals surface area contributed by atoms with E-state index >= 15 is 0 Å². The zero-order valence-corrected chi connectivity index (χ0v) is 15.5. The van der Waals surface area contributed by atoms with Gasteiger partial charge in [-0.1, -0.05) is 12.1 Å². The first-order valence-corrected chi connectivity index (χ1v) is 8.19. The Morgan fingerprint density at radius 2 is 1.50 bits per heavy atom. The van der Waals surface area contributed by atoms with Gasteiger partial charge in [0.15, 0.2) is 0 Å². The second-order valence-electron chi connectivity index (χ2n) is 4.81. The summed E-state index contributed by atoms with van der Waals surface area (Å²) >= 11 is 5.90. The molecule has 2 aromatic carbocycles. The topological polar surface area (TPSA) is 38.3 Å². The number of rotatable bonds is 3. The lowest BCUT2D eigenvalue weighted by molar-refractivity contribution is -0.274. The molecule has 11 heteroatoms. The first kappa shape index (κ1) is 20.6. The molecule has 26 heavy (non-hydrogen) atoms. The minimum atomic E-state index is -4.92. The smallest absolute Gasteiger partial charge is 0.406 e. The Balaban J connectivity index is 2.34. The summed E-state index contributed by atoms with van der Waals surface area (Å²) in [6.07, 6.45) is -9.66. The van der Waals surface area contributed by atoms with E-state index in [1.54, 1.807) is 0 Å². The molecule has 0 atom stereocenters. The van der Waals surface area contributed by atoms with E-state index in [4.69, 9.17) is 0 Å². The Kier molecular flexibility index (Phi) is 5.91. The fourth-order valence-electron chi connectivity index (χ4n) is 1.97. The van der Waals surface area contributed by atoms with Gasteiger partial charge < -0.3 is 10.1 Å². The molecule has 0 aliphatic carbocycles. The van der Waals surface area contributed by atoms with Gasteiger partial charge in [0, 0.05) is 8.95 Å². The van der Waals surface area contributed by atoms with E-state index in [9.17, 15) is 31.1 Å². The van der Waals surface area contributed by atoms with Crippen molar-refractivity contribution in [3.63, 3.8) is 0 Å². The van der Waals surface area contributed by atoms with Crippen LogP contribution in [0.4, 0.5) is 32.0 Å². The fourth-order valence-corrected chi connectivity index (χ4v) is 3.31. The number of nitrogens with one attached hydrogen (secondary N) is 1. The number of amides is 1.